The predicted octanol–water partition coefficient (Wildman–Crippen LogP) is 1.79. The molecular weight excluding hydrogens is 163 g/mol. The molecule has 0 spiro atoms. The summed E-state index contributed by atoms with van der Waals surface area (Å²) in [6.07, 6.45) is 0.802. The Kier molecular flexibility index (Phi) is 1.85. The smallest absolute Gasteiger partial charge is 0.224 e. The Labute approximate surface area is 60.3 Å². The van der Waals surface area contributed by atoms with E-state index in [1.165, 1.54) is 0 Å². The topological polar surface area (TPSA) is 12.9 Å². The molecule has 0 bridgehead atoms. The third-order valence-corrected chi connectivity index (χ3v) is 1.21. The van der Waals surface area contributed by atoms with Gasteiger partial charge in [0.15, 0.2) is 5.82 Å². The van der Waals surface area contributed by atoms with E-state index in [9.17, 15) is 13.2 Å². The summed E-state index contributed by atoms with van der Waals surface area (Å²) in [5.41, 5.74) is 0. The first-order valence-electron chi connectivity index (χ1n) is 2.31. The van der Waals surface area contributed by atoms with Gasteiger partial charge in [-0.15, -0.1) is 12.6 Å². The zero-order valence-corrected chi connectivity index (χ0v) is 5.50. The maximum atomic E-state index is 12.3. The lowest BCUT2D eigenvalue weighted by molar-refractivity contribution is 0.415. The van der Waals surface area contributed by atoms with Gasteiger partial charge in [-0.3, -0.25) is 0 Å². The van der Waals surface area contributed by atoms with Gasteiger partial charge in [0.05, 0.1) is 4.90 Å². The van der Waals surface area contributed by atoms with Crippen LogP contribution in [0.15, 0.2) is 11.1 Å². The first kappa shape index (κ1) is 7.40. The molecule has 0 amide bonds. The molecule has 1 nitrogen and oxygen atoms in total. The van der Waals surface area contributed by atoms with Crippen molar-refractivity contribution >= 4 is 12.6 Å². The SMILES string of the molecule is Fc1ncc(S)c(F)c1F. The van der Waals surface area contributed by atoms with E-state index in [0.29, 0.717) is 0 Å². The Bertz CT molecular complexity index is 236. The standard InChI is InChI=1S/C5H2F3NS/c6-3-2(10)1-9-5(8)4(3)7/h1,10H. The summed E-state index contributed by atoms with van der Waals surface area (Å²) in [5, 5.41) is 0. The fraction of sp³-hybridized carbons (Fsp3) is 0. The van der Waals surface area contributed by atoms with E-state index in [1.54, 1.807) is 0 Å². The van der Waals surface area contributed by atoms with Crippen molar-refractivity contribution in [3.05, 3.63) is 23.8 Å². The number of rotatable bonds is 0. The van der Waals surface area contributed by atoms with Gasteiger partial charge >= 0.3 is 0 Å². The van der Waals surface area contributed by atoms with Crippen LogP contribution in [0.4, 0.5) is 13.2 Å². The van der Waals surface area contributed by atoms with E-state index in [4.69, 9.17) is 0 Å². The molecule has 54 valence electrons. The van der Waals surface area contributed by atoms with Gasteiger partial charge in [0.25, 0.3) is 5.95 Å². The molecule has 0 aliphatic rings. The normalized spacial score (nSPS) is 10.0. The van der Waals surface area contributed by atoms with Crippen molar-refractivity contribution in [3.63, 3.8) is 0 Å². The molecule has 0 saturated heterocycles. The number of thiol groups is 1. The Morgan fingerprint density at radius 1 is 1.20 bits per heavy atom. The Morgan fingerprint density at radius 2 is 1.80 bits per heavy atom. The van der Waals surface area contributed by atoms with Crippen LogP contribution in [0.25, 0.3) is 0 Å². The third-order valence-electron chi connectivity index (χ3n) is 0.899. The highest BCUT2D eigenvalue weighted by Crippen LogP contribution is 2.14. The molecule has 0 radical (unpaired) electrons. The van der Waals surface area contributed by atoms with Crippen LogP contribution in [0.5, 0.6) is 0 Å². The van der Waals surface area contributed by atoms with Gasteiger partial charge in [0.1, 0.15) is 0 Å². The van der Waals surface area contributed by atoms with E-state index >= 15 is 0 Å². The minimum atomic E-state index is -1.59. The van der Waals surface area contributed by atoms with Gasteiger partial charge in [0.2, 0.25) is 5.82 Å². The second kappa shape index (κ2) is 2.49. The van der Waals surface area contributed by atoms with E-state index < -0.39 is 17.6 Å². The van der Waals surface area contributed by atoms with Crippen LogP contribution < -0.4 is 0 Å². The molecule has 0 fully saturated rings. The summed E-state index contributed by atoms with van der Waals surface area (Å²) >= 11 is 3.47. The maximum absolute atomic E-state index is 12.3. The third kappa shape index (κ3) is 1.09. The Balaban J connectivity index is 3.34. The average Bonchev–Trinajstić information content (AvgIpc) is 1.93. The number of nitrogens with zero attached hydrogens (tertiary/aromatic N) is 1. The fourth-order valence-electron chi connectivity index (χ4n) is 0.434. The summed E-state index contributed by atoms with van der Waals surface area (Å²) < 4.78 is 36.4. The highest BCUT2D eigenvalue weighted by molar-refractivity contribution is 7.80. The molecule has 0 aliphatic carbocycles. The Hall–Kier alpha value is -0.710. The molecular formula is C5H2F3NS. The quantitative estimate of drug-likeness (QED) is 0.456. The van der Waals surface area contributed by atoms with Crippen molar-refractivity contribution in [1.82, 2.24) is 4.98 Å². The van der Waals surface area contributed by atoms with E-state index in [1.807, 2.05) is 0 Å². The highest BCUT2D eigenvalue weighted by Gasteiger charge is 2.11. The van der Waals surface area contributed by atoms with Crippen molar-refractivity contribution in [2.24, 2.45) is 0 Å². The summed E-state index contributed by atoms with van der Waals surface area (Å²) in [5.74, 6) is -4.35. The van der Waals surface area contributed by atoms with Crippen molar-refractivity contribution in [1.29, 1.82) is 0 Å². The number of hydrogen-bond donors (Lipinski definition) is 1. The van der Waals surface area contributed by atoms with Crippen LogP contribution in [-0.4, -0.2) is 4.98 Å². The molecule has 1 rings (SSSR count). The molecule has 1 aromatic heterocycles. The van der Waals surface area contributed by atoms with Crippen LogP contribution in [0.1, 0.15) is 0 Å². The zero-order valence-electron chi connectivity index (χ0n) is 4.61. The lowest BCUT2D eigenvalue weighted by Gasteiger charge is -1.94. The van der Waals surface area contributed by atoms with Crippen LogP contribution in [0.3, 0.4) is 0 Å². The zero-order chi connectivity index (χ0) is 7.72. The van der Waals surface area contributed by atoms with Crippen molar-refractivity contribution in [2.45, 2.75) is 4.90 Å². The first-order valence-corrected chi connectivity index (χ1v) is 2.76. The molecule has 1 heterocycles. The highest BCUT2D eigenvalue weighted by atomic mass is 32.1. The predicted molar refractivity (Wildman–Crippen MR) is 31.4 cm³/mol. The van der Waals surface area contributed by atoms with Crippen LogP contribution in [-0.2, 0) is 0 Å². The van der Waals surface area contributed by atoms with Crippen molar-refractivity contribution in [2.75, 3.05) is 0 Å². The minimum absolute atomic E-state index is 0.307. The average molecular weight is 165 g/mol. The Morgan fingerprint density at radius 3 is 2.30 bits per heavy atom. The monoisotopic (exact) mass is 165 g/mol. The van der Waals surface area contributed by atoms with Gasteiger partial charge in [-0.25, -0.2) is 9.37 Å². The lowest BCUT2D eigenvalue weighted by atomic mass is 10.4. The molecule has 0 aliphatic heterocycles. The fourth-order valence-corrected chi connectivity index (χ4v) is 0.590. The maximum Gasteiger partial charge on any atom is 0.252 e. The number of pyridine rings is 1. The van der Waals surface area contributed by atoms with Gasteiger partial charge in [-0.05, 0) is 0 Å². The van der Waals surface area contributed by atoms with E-state index in [0.717, 1.165) is 6.20 Å². The number of aromatic nitrogens is 1. The van der Waals surface area contributed by atoms with Gasteiger partial charge < -0.3 is 0 Å². The molecule has 10 heavy (non-hydrogen) atoms. The minimum Gasteiger partial charge on any atom is -0.224 e. The summed E-state index contributed by atoms with van der Waals surface area (Å²) in [7, 11) is 0. The molecule has 0 aromatic carbocycles. The van der Waals surface area contributed by atoms with Gasteiger partial charge in [-0.2, -0.15) is 8.78 Å². The van der Waals surface area contributed by atoms with Crippen LogP contribution in [0.2, 0.25) is 0 Å². The summed E-state index contributed by atoms with van der Waals surface area (Å²) in [4.78, 5) is 2.57. The van der Waals surface area contributed by atoms with Crippen LogP contribution >= 0.6 is 12.6 Å². The molecule has 0 saturated carbocycles. The molecule has 0 atom stereocenters. The summed E-state index contributed by atoms with van der Waals surface area (Å²) in [6, 6.07) is 0. The van der Waals surface area contributed by atoms with Crippen molar-refractivity contribution in [3.8, 4) is 0 Å². The first-order chi connectivity index (χ1) is 4.63. The number of hydrogen-bond acceptors (Lipinski definition) is 2. The van der Waals surface area contributed by atoms with Crippen molar-refractivity contribution < 1.29 is 13.2 Å². The van der Waals surface area contributed by atoms with Crippen LogP contribution in [0, 0.1) is 17.6 Å². The molecule has 0 unspecified atom stereocenters. The second-order valence-electron chi connectivity index (χ2n) is 1.56. The van der Waals surface area contributed by atoms with E-state index in [2.05, 4.69) is 17.6 Å². The molecule has 0 N–H and O–H groups in total. The van der Waals surface area contributed by atoms with E-state index in [-0.39, 0.29) is 4.90 Å². The number of halogens is 3. The van der Waals surface area contributed by atoms with Gasteiger partial charge in [0, 0.05) is 6.20 Å². The lowest BCUT2D eigenvalue weighted by Crippen LogP contribution is -1.94. The summed E-state index contributed by atoms with van der Waals surface area (Å²) in [6.45, 7) is 0. The largest absolute Gasteiger partial charge is 0.252 e. The molecule has 1 aromatic rings. The second-order valence-corrected chi connectivity index (χ2v) is 2.04. The molecule has 5 heteroatoms. The van der Waals surface area contributed by atoms with Gasteiger partial charge in [-0.1, -0.05) is 0 Å².